The van der Waals surface area contributed by atoms with Crippen molar-refractivity contribution >= 4 is 22.8 Å². The molecule has 2 aromatic rings. The molecule has 12 nitrogen and oxygen atoms in total. The molecule has 1 fully saturated rings. The van der Waals surface area contributed by atoms with Crippen LogP contribution in [0.5, 0.6) is 0 Å². The smallest absolute Gasteiger partial charge is 0.282 e. The molecule has 0 bridgehead atoms. The molecule has 3 rings (SSSR count). The molecule has 24 heavy (non-hydrogen) atoms. The quantitative estimate of drug-likeness (QED) is 0.290. The summed E-state index contributed by atoms with van der Waals surface area (Å²) in [5.74, 6) is -0.0599. The fraction of sp³-hybridized carbons (Fsp3) is 0.583. The van der Waals surface area contributed by atoms with E-state index in [0.29, 0.717) is 12.1 Å². The van der Waals surface area contributed by atoms with Crippen molar-refractivity contribution in [2.45, 2.75) is 31.8 Å². The predicted molar refractivity (Wildman–Crippen MR) is 80.6 cm³/mol. The van der Waals surface area contributed by atoms with Crippen molar-refractivity contribution in [2.75, 3.05) is 18.9 Å². The minimum absolute atomic E-state index is 0.0426. The van der Waals surface area contributed by atoms with Crippen LogP contribution >= 0.6 is 0 Å². The van der Waals surface area contributed by atoms with Gasteiger partial charge in [-0.1, -0.05) is 10.4 Å². The second-order valence-electron chi connectivity index (χ2n) is 5.39. The van der Waals surface area contributed by atoms with E-state index in [1.165, 1.54) is 4.68 Å². The highest BCUT2D eigenvalue weighted by Crippen LogP contribution is 2.31. The minimum atomic E-state index is -0.628. The van der Waals surface area contributed by atoms with Crippen LogP contribution in [0.3, 0.4) is 0 Å². The molecular weight excluding hydrogens is 322 g/mol. The molecular formula is C12H17N7O5. The van der Waals surface area contributed by atoms with Crippen molar-refractivity contribution in [1.29, 1.82) is 0 Å². The van der Waals surface area contributed by atoms with Crippen molar-refractivity contribution in [1.82, 2.24) is 25.0 Å². The number of aliphatic hydroxyl groups excluding tert-OH is 1. The Hall–Kier alpha value is -2.57. The van der Waals surface area contributed by atoms with Crippen molar-refractivity contribution < 1.29 is 19.8 Å². The number of aromatic nitrogens is 5. The second-order valence-corrected chi connectivity index (χ2v) is 5.39. The standard InChI is InChI=1S/C12H17N7O5/c1-5(17-22)4-23-6-2-8(24-7(6)3-20)19-10-9(16-18-19)11(21)15-12(13)14-10/h6-8,20,22H,2-4H2,1H3,(H3,13,14,15,21)/t6-,7+,8+/m0/s1. The van der Waals surface area contributed by atoms with Gasteiger partial charge >= 0.3 is 0 Å². The number of aliphatic hydroxyl groups is 1. The molecule has 3 heterocycles. The molecule has 0 saturated carbocycles. The topological polar surface area (TPSA) is 174 Å². The number of fused-ring (bicyclic) bond motifs is 1. The highest BCUT2D eigenvalue weighted by Gasteiger charge is 2.38. The summed E-state index contributed by atoms with van der Waals surface area (Å²) in [4.78, 5) is 18.2. The summed E-state index contributed by atoms with van der Waals surface area (Å²) in [7, 11) is 0. The SMILES string of the molecule is CC(CO[C@H]1C[C@H](n2nnc3c(=O)[nH]c(N)nc32)O[C@@H]1CO)=NO. The molecule has 5 N–H and O–H groups in total. The summed E-state index contributed by atoms with van der Waals surface area (Å²) in [5, 5.41) is 28.8. The summed E-state index contributed by atoms with van der Waals surface area (Å²) >= 11 is 0. The van der Waals surface area contributed by atoms with Crippen LogP contribution in [0, 0.1) is 0 Å². The number of nitrogens with zero attached hydrogens (tertiary/aromatic N) is 5. The molecule has 0 amide bonds. The maximum absolute atomic E-state index is 11.8. The van der Waals surface area contributed by atoms with Crippen molar-refractivity contribution in [2.24, 2.45) is 5.16 Å². The fourth-order valence-electron chi connectivity index (χ4n) is 2.50. The summed E-state index contributed by atoms with van der Waals surface area (Å²) in [6.07, 6.45) is -1.33. The Kier molecular flexibility index (Phi) is 4.42. The zero-order valence-corrected chi connectivity index (χ0v) is 12.8. The highest BCUT2D eigenvalue weighted by atomic mass is 16.6. The third-order valence-corrected chi connectivity index (χ3v) is 3.66. The van der Waals surface area contributed by atoms with E-state index in [1.807, 2.05) is 0 Å². The Morgan fingerprint density at radius 3 is 3.12 bits per heavy atom. The Bertz CT molecular complexity index is 816. The zero-order chi connectivity index (χ0) is 17.3. The van der Waals surface area contributed by atoms with Crippen LogP contribution in [-0.2, 0) is 9.47 Å². The lowest BCUT2D eigenvalue weighted by molar-refractivity contribution is -0.0583. The van der Waals surface area contributed by atoms with Crippen LogP contribution in [0.1, 0.15) is 19.6 Å². The Labute approximate surface area is 134 Å². The number of nitrogen functional groups attached to an aromatic ring is 1. The van der Waals surface area contributed by atoms with Crippen molar-refractivity contribution in [3.8, 4) is 0 Å². The third-order valence-electron chi connectivity index (χ3n) is 3.66. The van der Waals surface area contributed by atoms with Crippen LogP contribution in [0.15, 0.2) is 9.95 Å². The number of ether oxygens (including phenoxy) is 2. The van der Waals surface area contributed by atoms with Crippen LogP contribution in [0.2, 0.25) is 0 Å². The van der Waals surface area contributed by atoms with Gasteiger partial charge in [-0.05, 0) is 6.92 Å². The average molecular weight is 339 g/mol. The molecule has 12 heteroatoms. The van der Waals surface area contributed by atoms with Gasteiger partial charge in [-0.15, -0.1) is 5.10 Å². The minimum Gasteiger partial charge on any atom is -0.411 e. The summed E-state index contributed by atoms with van der Waals surface area (Å²) in [5.41, 5.74) is 5.67. The van der Waals surface area contributed by atoms with Gasteiger partial charge in [-0.3, -0.25) is 9.78 Å². The summed E-state index contributed by atoms with van der Waals surface area (Å²) < 4.78 is 12.6. The molecule has 1 aliphatic rings. The Balaban J connectivity index is 1.84. The van der Waals surface area contributed by atoms with Gasteiger partial charge < -0.3 is 25.5 Å². The molecule has 0 unspecified atom stereocenters. The van der Waals surface area contributed by atoms with Crippen molar-refractivity contribution in [3.63, 3.8) is 0 Å². The number of oxime groups is 1. The first-order valence-corrected chi connectivity index (χ1v) is 7.19. The number of aromatic amines is 1. The highest BCUT2D eigenvalue weighted by molar-refractivity contribution is 5.82. The van der Waals surface area contributed by atoms with Gasteiger partial charge in [-0.2, -0.15) is 9.67 Å². The number of hydrogen-bond acceptors (Lipinski definition) is 10. The largest absolute Gasteiger partial charge is 0.411 e. The van der Waals surface area contributed by atoms with Crippen LogP contribution < -0.4 is 11.3 Å². The molecule has 0 spiro atoms. The van der Waals surface area contributed by atoms with E-state index in [0.717, 1.165) is 0 Å². The Morgan fingerprint density at radius 2 is 2.42 bits per heavy atom. The molecule has 130 valence electrons. The number of H-pyrrole nitrogens is 1. The van der Waals surface area contributed by atoms with E-state index in [2.05, 4.69) is 25.4 Å². The van der Waals surface area contributed by atoms with Gasteiger partial charge in [0, 0.05) is 6.42 Å². The number of nitrogens with one attached hydrogen (secondary N) is 1. The lowest BCUT2D eigenvalue weighted by Crippen LogP contribution is -2.29. The first-order valence-electron chi connectivity index (χ1n) is 7.19. The first-order chi connectivity index (χ1) is 11.5. The molecule has 0 aromatic carbocycles. The van der Waals surface area contributed by atoms with E-state index in [1.54, 1.807) is 6.92 Å². The number of anilines is 1. The van der Waals surface area contributed by atoms with E-state index in [9.17, 15) is 9.90 Å². The molecule has 1 saturated heterocycles. The molecule has 2 aromatic heterocycles. The maximum Gasteiger partial charge on any atom is 0.282 e. The lowest BCUT2D eigenvalue weighted by atomic mass is 10.2. The summed E-state index contributed by atoms with van der Waals surface area (Å²) in [6, 6.07) is 0. The first kappa shape index (κ1) is 16.3. The predicted octanol–water partition coefficient (Wildman–Crippen LogP) is -1.39. The van der Waals surface area contributed by atoms with Gasteiger partial charge in [0.1, 0.15) is 6.10 Å². The normalized spacial score (nSPS) is 24.8. The van der Waals surface area contributed by atoms with Gasteiger partial charge in [0.2, 0.25) is 5.95 Å². The van der Waals surface area contributed by atoms with Gasteiger partial charge in [-0.25, -0.2) is 0 Å². The van der Waals surface area contributed by atoms with Gasteiger partial charge in [0.15, 0.2) is 17.4 Å². The molecule has 1 aliphatic heterocycles. The van der Waals surface area contributed by atoms with Crippen LogP contribution in [0.4, 0.5) is 5.95 Å². The molecule has 3 atom stereocenters. The van der Waals surface area contributed by atoms with Gasteiger partial charge in [0.05, 0.1) is 25.0 Å². The average Bonchev–Trinajstić information content (AvgIpc) is 3.15. The van der Waals surface area contributed by atoms with E-state index in [4.69, 9.17) is 20.4 Å². The lowest BCUT2D eigenvalue weighted by Gasteiger charge is -2.15. The number of hydrogen-bond donors (Lipinski definition) is 4. The van der Waals surface area contributed by atoms with Crippen LogP contribution in [0.25, 0.3) is 11.2 Å². The monoisotopic (exact) mass is 339 g/mol. The molecule has 0 aliphatic carbocycles. The zero-order valence-electron chi connectivity index (χ0n) is 12.8. The number of rotatable bonds is 5. The van der Waals surface area contributed by atoms with Gasteiger partial charge in [0.25, 0.3) is 5.56 Å². The van der Waals surface area contributed by atoms with Crippen molar-refractivity contribution in [3.05, 3.63) is 10.4 Å². The second kappa shape index (κ2) is 6.51. The number of nitrogens with two attached hydrogens (primary N) is 1. The fourth-order valence-corrected chi connectivity index (χ4v) is 2.50. The van der Waals surface area contributed by atoms with Crippen LogP contribution in [-0.4, -0.2) is 66.4 Å². The van der Waals surface area contributed by atoms with E-state index >= 15 is 0 Å². The summed E-state index contributed by atoms with van der Waals surface area (Å²) in [6.45, 7) is 1.43. The van der Waals surface area contributed by atoms with E-state index < -0.39 is 24.0 Å². The van der Waals surface area contributed by atoms with E-state index in [-0.39, 0.29) is 30.3 Å². The maximum atomic E-state index is 11.8. The Morgan fingerprint density at radius 1 is 1.62 bits per heavy atom. The molecule has 0 radical (unpaired) electrons. The third kappa shape index (κ3) is 2.93.